The number of piperazine rings is 1. The summed E-state index contributed by atoms with van der Waals surface area (Å²) in [5, 5.41) is 0.168. The second-order valence-electron chi connectivity index (χ2n) is 6.88. The van der Waals surface area contributed by atoms with Gasteiger partial charge in [-0.1, -0.05) is 12.1 Å². The van der Waals surface area contributed by atoms with Crippen LogP contribution in [0.3, 0.4) is 0 Å². The molecule has 4 rings (SSSR count). The Hall–Kier alpha value is -3.42. The van der Waals surface area contributed by atoms with Crippen molar-refractivity contribution in [1.29, 1.82) is 0 Å². The maximum atomic E-state index is 13.5. The highest BCUT2D eigenvalue weighted by Gasteiger charge is 2.23. The fraction of sp³-hybridized carbons (Fsp3) is 0.286. The maximum absolute atomic E-state index is 13.5. The van der Waals surface area contributed by atoms with Crippen LogP contribution in [0.1, 0.15) is 0 Å². The van der Waals surface area contributed by atoms with Gasteiger partial charge in [-0.2, -0.15) is 0 Å². The third-order valence-corrected chi connectivity index (χ3v) is 5.15. The normalized spacial score (nSPS) is 14.3. The summed E-state index contributed by atoms with van der Waals surface area (Å²) >= 11 is 0. The number of amides is 1. The molecule has 7 nitrogen and oxygen atoms in total. The van der Waals surface area contributed by atoms with Crippen molar-refractivity contribution in [3.8, 4) is 5.75 Å². The monoisotopic (exact) mass is 396 g/mol. The molecule has 0 saturated carbocycles. The molecule has 0 bridgehead atoms. The van der Waals surface area contributed by atoms with Gasteiger partial charge in [0.1, 0.15) is 18.1 Å². The van der Waals surface area contributed by atoms with Crippen LogP contribution in [0.4, 0.5) is 10.1 Å². The van der Waals surface area contributed by atoms with Gasteiger partial charge >= 0.3 is 0 Å². The Morgan fingerprint density at radius 1 is 1.14 bits per heavy atom. The average molecular weight is 396 g/mol. The predicted molar refractivity (Wildman–Crippen MR) is 108 cm³/mol. The molecule has 1 amide bonds. The fourth-order valence-electron chi connectivity index (χ4n) is 3.58. The molecule has 8 heteroatoms. The highest BCUT2D eigenvalue weighted by atomic mass is 19.1. The van der Waals surface area contributed by atoms with E-state index in [2.05, 4.69) is 9.88 Å². The number of anilines is 1. The minimum absolute atomic E-state index is 0.118. The van der Waals surface area contributed by atoms with Crippen molar-refractivity contribution >= 4 is 22.5 Å². The summed E-state index contributed by atoms with van der Waals surface area (Å²) in [5.74, 6) is 0.130. The van der Waals surface area contributed by atoms with Gasteiger partial charge in [0.15, 0.2) is 0 Å². The van der Waals surface area contributed by atoms with E-state index in [1.807, 2.05) is 24.3 Å². The molecule has 0 radical (unpaired) electrons. The number of benzene rings is 2. The summed E-state index contributed by atoms with van der Waals surface area (Å²) in [6, 6.07) is 11.6. The van der Waals surface area contributed by atoms with Crippen LogP contribution >= 0.6 is 0 Å². The molecule has 1 fully saturated rings. The van der Waals surface area contributed by atoms with Crippen LogP contribution in [0.5, 0.6) is 5.75 Å². The second kappa shape index (κ2) is 7.90. The first kappa shape index (κ1) is 18.9. The number of carbonyl (C=O) groups is 1. The van der Waals surface area contributed by atoms with Gasteiger partial charge in [-0.15, -0.1) is 0 Å². The smallest absolute Gasteiger partial charge is 0.261 e. The Balaban J connectivity index is 1.45. The molecule has 2 aromatic carbocycles. The molecule has 0 atom stereocenters. The second-order valence-corrected chi connectivity index (χ2v) is 6.88. The number of aromatic nitrogens is 2. The van der Waals surface area contributed by atoms with E-state index in [0.29, 0.717) is 31.7 Å². The van der Waals surface area contributed by atoms with Crippen LogP contribution in [-0.2, 0) is 11.3 Å². The van der Waals surface area contributed by atoms with Crippen molar-refractivity contribution in [2.45, 2.75) is 6.54 Å². The molecule has 1 saturated heterocycles. The van der Waals surface area contributed by atoms with Gasteiger partial charge in [-0.3, -0.25) is 14.2 Å². The fourth-order valence-corrected chi connectivity index (χ4v) is 3.58. The highest BCUT2D eigenvalue weighted by molar-refractivity contribution is 5.79. The van der Waals surface area contributed by atoms with Crippen LogP contribution in [-0.4, -0.2) is 53.6 Å². The van der Waals surface area contributed by atoms with E-state index in [9.17, 15) is 14.0 Å². The van der Waals surface area contributed by atoms with Crippen molar-refractivity contribution in [1.82, 2.24) is 14.5 Å². The lowest BCUT2D eigenvalue weighted by Crippen LogP contribution is -2.50. The van der Waals surface area contributed by atoms with Crippen LogP contribution in [0.15, 0.2) is 53.6 Å². The average Bonchev–Trinajstić information content (AvgIpc) is 2.76. The predicted octanol–water partition coefficient (Wildman–Crippen LogP) is 1.89. The van der Waals surface area contributed by atoms with Crippen molar-refractivity contribution in [2.75, 3.05) is 38.2 Å². The molecule has 1 aliphatic heterocycles. The van der Waals surface area contributed by atoms with Gasteiger partial charge in [-0.25, -0.2) is 9.37 Å². The van der Waals surface area contributed by atoms with Crippen LogP contribution in [0.25, 0.3) is 10.9 Å². The van der Waals surface area contributed by atoms with E-state index in [1.165, 1.54) is 23.0 Å². The number of halogens is 1. The molecule has 0 N–H and O–H groups in total. The molecule has 150 valence electrons. The van der Waals surface area contributed by atoms with E-state index in [4.69, 9.17) is 4.74 Å². The molecule has 1 aromatic heterocycles. The Kier molecular flexibility index (Phi) is 5.16. The van der Waals surface area contributed by atoms with Gasteiger partial charge in [0.25, 0.3) is 5.56 Å². The first-order chi connectivity index (χ1) is 14.1. The zero-order chi connectivity index (χ0) is 20.4. The van der Waals surface area contributed by atoms with Gasteiger partial charge in [0.05, 0.1) is 30.0 Å². The Morgan fingerprint density at radius 3 is 2.66 bits per heavy atom. The van der Waals surface area contributed by atoms with E-state index in [-0.39, 0.29) is 17.8 Å². The summed E-state index contributed by atoms with van der Waals surface area (Å²) < 4.78 is 20.1. The van der Waals surface area contributed by atoms with Gasteiger partial charge in [0, 0.05) is 26.2 Å². The largest absolute Gasteiger partial charge is 0.495 e. The Morgan fingerprint density at radius 2 is 1.90 bits per heavy atom. The zero-order valence-corrected chi connectivity index (χ0v) is 16.0. The molecule has 0 aliphatic carbocycles. The minimum atomic E-state index is -0.507. The van der Waals surface area contributed by atoms with E-state index in [0.717, 1.165) is 17.5 Å². The van der Waals surface area contributed by atoms with Crippen molar-refractivity contribution in [3.05, 3.63) is 65.0 Å². The third-order valence-electron chi connectivity index (χ3n) is 5.15. The number of carbonyl (C=O) groups excluding carboxylic acids is 1. The van der Waals surface area contributed by atoms with Crippen molar-refractivity contribution in [3.63, 3.8) is 0 Å². The number of nitrogens with zero attached hydrogens (tertiary/aromatic N) is 4. The van der Waals surface area contributed by atoms with E-state index < -0.39 is 11.4 Å². The lowest BCUT2D eigenvalue weighted by atomic mass is 10.2. The lowest BCUT2D eigenvalue weighted by molar-refractivity contribution is -0.132. The number of fused-ring (bicyclic) bond motifs is 1. The Labute approximate surface area is 166 Å². The van der Waals surface area contributed by atoms with Crippen molar-refractivity contribution < 1.29 is 13.9 Å². The van der Waals surface area contributed by atoms with E-state index in [1.54, 1.807) is 12.0 Å². The number of hydrogen-bond donors (Lipinski definition) is 0. The zero-order valence-electron chi connectivity index (χ0n) is 16.0. The van der Waals surface area contributed by atoms with Gasteiger partial charge < -0.3 is 14.5 Å². The topological polar surface area (TPSA) is 67.7 Å². The molecule has 1 aliphatic rings. The summed E-state index contributed by atoms with van der Waals surface area (Å²) in [6.07, 6.45) is 1.34. The maximum Gasteiger partial charge on any atom is 0.261 e. The van der Waals surface area contributed by atoms with Crippen LogP contribution in [0, 0.1) is 5.82 Å². The number of hydrogen-bond acceptors (Lipinski definition) is 5. The standard InChI is InChI=1S/C21H21FN4O3/c1-29-19-5-3-2-4-18(19)24-8-10-25(11-9-24)20(27)13-26-14-23-17-7-6-15(22)12-16(17)21(26)28/h2-7,12,14H,8-11,13H2,1H3. The first-order valence-corrected chi connectivity index (χ1v) is 9.37. The first-order valence-electron chi connectivity index (χ1n) is 9.37. The van der Waals surface area contributed by atoms with Gasteiger partial charge in [0.2, 0.25) is 5.91 Å². The molecule has 3 aromatic rings. The summed E-state index contributed by atoms with van der Waals surface area (Å²) in [4.78, 5) is 33.3. The quantitative estimate of drug-likeness (QED) is 0.674. The number of methoxy groups -OCH3 is 1. The van der Waals surface area contributed by atoms with Crippen LogP contribution < -0.4 is 15.2 Å². The van der Waals surface area contributed by atoms with Gasteiger partial charge in [-0.05, 0) is 30.3 Å². The SMILES string of the molecule is COc1ccccc1N1CCN(C(=O)Cn2cnc3ccc(F)cc3c2=O)CC1. The summed E-state index contributed by atoms with van der Waals surface area (Å²) in [6.45, 7) is 2.31. The molecule has 2 heterocycles. The number of para-hydroxylation sites is 2. The number of ether oxygens (including phenoxy) is 1. The van der Waals surface area contributed by atoms with Crippen LogP contribution in [0.2, 0.25) is 0 Å². The number of rotatable bonds is 4. The molecular weight excluding hydrogens is 375 g/mol. The molecule has 0 spiro atoms. The molecule has 29 heavy (non-hydrogen) atoms. The third kappa shape index (κ3) is 3.78. The summed E-state index contributed by atoms with van der Waals surface area (Å²) in [7, 11) is 1.64. The Bertz CT molecular complexity index is 1110. The molecular formula is C21H21FN4O3. The van der Waals surface area contributed by atoms with E-state index >= 15 is 0 Å². The van der Waals surface area contributed by atoms with Crippen molar-refractivity contribution in [2.24, 2.45) is 0 Å². The molecule has 0 unspecified atom stereocenters. The highest BCUT2D eigenvalue weighted by Crippen LogP contribution is 2.28. The minimum Gasteiger partial charge on any atom is -0.495 e. The summed E-state index contributed by atoms with van der Waals surface area (Å²) in [5.41, 5.74) is 0.986. The lowest BCUT2D eigenvalue weighted by Gasteiger charge is -2.36.